The second kappa shape index (κ2) is 6.26. The predicted molar refractivity (Wildman–Crippen MR) is 68.8 cm³/mol. The van der Waals surface area contributed by atoms with Crippen molar-refractivity contribution in [1.29, 1.82) is 0 Å². The highest BCUT2D eigenvalue weighted by Gasteiger charge is 2.06. The fourth-order valence-corrected chi connectivity index (χ4v) is 3.52. The van der Waals surface area contributed by atoms with Crippen molar-refractivity contribution in [2.75, 3.05) is 24.9 Å². The van der Waals surface area contributed by atoms with Gasteiger partial charge in [-0.25, -0.2) is 12.8 Å². The Balaban J connectivity index is 2.54. The third-order valence-corrected chi connectivity index (χ3v) is 4.31. The number of sulfone groups is 1. The second-order valence-corrected chi connectivity index (χ2v) is 7.00. The van der Waals surface area contributed by atoms with E-state index in [1.807, 2.05) is 0 Å². The highest BCUT2D eigenvalue weighted by molar-refractivity contribution is 7.99. The minimum absolute atomic E-state index is 0.134. The van der Waals surface area contributed by atoms with Crippen molar-refractivity contribution >= 4 is 21.6 Å². The molecule has 96 valence electrons. The van der Waals surface area contributed by atoms with E-state index in [-0.39, 0.29) is 11.6 Å². The van der Waals surface area contributed by atoms with Crippen LogP contribution < -0.4 is 4.74 Å². The maximum Gasteiger partial charge on any atom is 0.148 e. The number of thioether (sulfide) groups is 1. The van der Waals surface area contributed by atoms with E-state index in [1.165, 1.54) is 37.3 Å². The Morgan fingerprint density at radius 2 is 2.12 bits per heavy atom. The zero-order valence-corrected chi connectivity index (χ0v) is 11.4. The molecule has 0 amide bonds. The number of benzene rings is 1. The lowest BCUT2D eigenvalue weighted by atomic mass is 10.2. The van der Waals surface area contributed by atoms with Gasteiger partial charge in [0.15, 0.2) is 0 Å². The maximum absolute atomic E-state index is 13.0. The Morgan fingerprint density at radius 3 is 2.71 bits per heavy atom. The first-order chi connectivity index (χ1) is 7.92. The number of ether oxygens (including phenoxy) is 1. The van der Waals surface area contributed by atoms with Crippen LogP contribution >= 0.6 is 11.8 Å². The molecule has 0 saturated heterocycles. The van der Waals surface area contributed by atoms with Crippen LogP contribution in [0.15, 0.2) is 18.2 Å². The van der Waals surface area contributed by atoms with Gasteiger partial charge in [-0.2, -0.15) is 11.8 Å². The molecular formula is C11H15FO3S2. The fourth-order valence-electron chi connectivity index (χ4n) is 1.25. The monoisotopic (exact) mass is 278 g/mol. The van der Waals surface area contributed by atoms with Crippen molar-refractivity contribution in [2.45, 2.75) is 5.75 Å². The number of hydrogen-bond acceptors (Lipinski definition) is 4. The molecule has 0 saturated carbocycles. The van der Waals surface area contributed by atoms with Gasteiger partial charge in [0.05, 0.1) is 12.9 Å². The van der Waals surface area contributed by atoms with Gasteiger partial charge in [0, 0.05) is 23.3 Å². The number of halogens is 1. The normalized spacial score (nSPS) is 11.5. The van der Waals surface area contributed by atoms with E-state index in [1.54, 1.807) is 6.07 Å². The predicted octanol–water partition coefficient (Wildman–Crippen LogP) is 2.11. The lowest BCUT2D eigenvalue weighted by Crippen LogP contribution is -2.05. The first-order valence-electron chi connectivity index (χ1n) is 5.00. The minimum Gasteiger partial charge on any atom is -0.496 e. The zero-order chi connectivity index (χ0) is 12.9. The van der Waals surface area contributed by atoms with Crippen LogP contribution in [0, 0.1) is 5.82 Å². The van der Waals surface area contributed by atoms with Crippen molar-refractivity contribution in [3.8, 4) is 5.75 Å². The molecule has 0 aliphatic rings. The van der Waals surface area contributed by atoms with Gasteiger partial charge in [-0.05, 0) is 18.2 Å². The first kappa shape index (κ1) is 14.3. The summed E-state index contributed by atoms with van der Waals surface area (Å²) in [5.74, 6) is 1.48. The smallest absolute Gasteiger partial charge is 0.148 e. The van der Waals surface area contributed by atoms with E-state index in [0.29, 0.717) is 17.3 Å². The summed E-state index contributed by atoms with van der Waals surface area (Å²) in [4.78, 5) is 0. The van der Waals surface area contributed by atoms with Crippen LogP contribution in [-0.2, 0) is 15.6 Å². The van der Waals surface area contributed by atoms with Crippen LogP contribution in [-0.4, -0.2) is 33.3 Å². The number of hydrogen-bond donors (Lipinski definition) is 0. The molecule has 0 aliphatic heterocycles. The minimum atomic E-state index is -2.93. The molecule has 0 aliphatic carbocycles. The van der Waals surface area contributed by atoms with Crippen molar-refractivity contribution < 1.29 is 17.5 Å². The van der Waals surface area contributed by atoms with E-state index in [9.17, 15) is 12.8 Å². The van der Waals surface area contributed by atoms with Gasteiger partial charge in [0.1, 0.15) is 21.4 Å². The molecule has 3 nitrogen and oxygen atoms in total. The summed E-state index contributed by atoms with van der Waals surface area (Å²) in [6, 6.07) is 4.32. The van der Waals surface area contributed by atoms with Crippen LogP contribution in [0.3, 0.4) is 0 Å². The molecule has 0 bridgehead atoms. The highest BCUT2D eigenvalue weighted by Crippen LogP contribution is 2.24. The van der Waals surface area contributed by atoms with E-state index >= 15 is 0 Å². The Hall–Kier alpha value is -0.750. The van der Waals surface area contributed by atoms with Crippen LogP contribution in [0.5, 0.6) is 5.75 Å². The van der Waals surface area contributed by atoms with Gasteiger partial charge in [0.25, 0.3) is 0 Å². The third kappa shape index (κ3) is 5.41. The SMILES string of the molecule is COc1ccc(F)cc1CSCCS(C)(=O)=O. The largest absolute Gasteiger partial charge is 0.496 e. The van der Waals surface area contributed by atoms with Gasteiger partial charge >= 0.3 is 0 Å². The molecule has 0 heterocycles. The van der Waals surface area contributed by atoms with Crippen LogP contribution in [0.1, 0.15) is 5.56 Å². The molecule has 17 heavy (non-hydrogen) atoms. The molecule has 1 aromatic rings. The lowest BCUT2D eigenvalue weighted by Gasteiger charge is -2.08. The lowest BCUT2D eigenvalue weighted by molar-refractivity contribution is 0.410. The standard InChI is InChI=1S/C11H15FO3S2/c1-15-11-4-3-10(12)7-9(11)8-16-5-6-17(2,13)14/h3-4,7H,5-6,8H2,1-2H3. The van der Waals surface area contributed by atoms with Gasteiger partial charge < -0.3 is 4.74 Å². The maximum atomic E-state index is 13.0. The quantitative estimate of drug-likeness (QED) is 0.748. The van der Waals surface area contributed by atoms with Gasteiger partial charge in [0.2, 0.25) is 0 Å². The average molecular weight is 278 g/mol. The average Bonchev–Trinajstić information content (AvgIpc) is 2.23. The number of methoxy groups -OCH3 is 1. The third-order valence-electron chi connectivity index (χ3n) is 2.10. The molecule has 0 N–H and O–H groups in total. The Labute approximate surface area is 105 Å². The van der Waals surface area contributed by atoms with Gasteiger partial charge in [-0.1, -0.05) is 0 Å². The Morgan fingerprint density at radius 1 is 1.41 bits per heavy atom. The molecule has 0 aromatic heterocycles. The first-order valence-corrected chi connectivity index (χ1v) is 8.22. The van der Waals surface area contributed by atoms with E-state index in [4.69, 9.17) is 4.74 Å². The Kier molecular flexibility index (Phi) is 5.27. The van der Waals surface area contributed by atoms with Crippen molar-refractivity contribution in [3.05, 3.63) is 29.6 Å². The zero-order valence-electron chi connectivity index (χ0n) is 9.77. The second-order valence-electron chi connectivity index (χ2n) is 3.64. The highest BCUT2D eigenvalue weighted by atomic mass is 32.2. The molecular weight excluding hydrogens is 263 g/mol. The summed E-state index contributed by atoms with van der Waals surface area (Å²) >= 11 is 1.45. The topological polar surface area (TPSA) is 43.4 Å². The van der Waals surface area contributed by atoms with Crippen LogP contribution in [0.4, 0.5) is 4.39 Å². The summed E-state index contributed by atoms with van der Waals surface area (Å²) < 4.78 is 40.0. The molecule has 1 aromatic carbocycles. The van der Waals surface area contributed by atoms with Crippen molar-refractivity contribution in [3.63, 3.8) is 0 Å². The molecule has 0 unspecified atom stereocenters. The number of rotatable bonds is 6. The molecule has 0 atom stereocenters. The summed E-state index contributed by atoms with van der Waals surface area (Å²) in [5, 5.41) is 0. The van der Waals surface area contributed by atoms with E-state index in [0.717, 1.165) is 5.56 Å². The van der Waals surface area contributed by atoms with Crippen molar-refractivity contribution in [1.82, 2.24) is 0 Å². The van der Waals surface area contributed by atoms with E-state index < -0.39 is 9.84 Å². The summed E-state index contributed by atoms with van der Waals surface area (Å²) in [5.41, 5.74) is 0.742. The summed E-state index contributed by atoms with van der Waals surface area (Å²) in [6.07, 6.45) is 1.20. The molecule has 6 heteroatoms. The summed E-state index contributed by atoms with van der Waals surface area (Å²) in [6.45, 7) is 0. The molecule has 1 rings (SSSR count). The Bertz CT molecular complexity index is 472. The fraction of sp³-hybridized carbons (Fsp3) is 0.455. The van der Waals surface area contributed by atoms with E-state index in [2.05, 4.69) is 0 Å². The summed E-state index contributed by atoms with van der Waals surface area (Å²) in [7, 11) is -1.40. The van der Waals surface area contributed by atoms with Crippen molar-refractivity contribution in [2.24, 2.45) is 0 Å². The van der Waals surface area contributed by atoms with Gasteiger partial charge in [-0.15, -0.1) is 0 Å². The molecule has 0 radical (unpaired) electrons. The van der Waals surface area contributed by atoms with Crippen LogP contribution in [0.2, 0.25) is 0 Å². The van der Waals surface area contributed by atoms with Gasteiger partial charge in [-0.3, -0.25) is 0 Å². The molecule has 0 fully saturated rings. The van der Waals surface area contributed by atoms with Crippen LogP contribution in [0.25, 0.3) is 0 Å². The molecule has 0 spiro atoms.